The Labute approximate surface area is 100 Å². The standard InChI is InChI=1S/C11H26N2O2S/c1-5-10(9-12)16(14,15)13-11(6-2,7-3)8-4/h10,13H,5-9,12H2,1-4H3. The van der Waals surface area contributed by atoms with Gasteiger partial charge in [0, 0.05) is 12.1 Å². The lowest BCUT2D eigenvalue weighted by Crippen LogP contribution is -2.51. The quantitative estimate of drug-likeness (QED) is 0.687. The van der Waals surface area contributed by atoms with Gasteiger partial charge in [-0.2, -0.15) is 0 Å². The second-order valence-electron chi connectivity index (χ2n) is 4.25. The molecule has 0 radical (unpaired) electrons. The molecule has 0 saturated carbocycles. The topological polar surface area (TPSA) is 72.2 Å². The van der Waals surface area contributed by atoms with Crippen molar-refractivity contribution in [2.24, 2.45) is 5.73 Å². The fraction of sp³-hybridized carbons (Fsp3) is 1.00. The molecule has 0 aromatic heterocycles. The number of nitrogens with two attached hydrogens (primary N) is 1. The van der Waals surface area contributed by atoms with Crippen LogP contribution in [0.25, 0.3) is 0 Å². The van der Waals surface area contributed by atoms with E-state index in [9.17, 15) is 8.42 Å². The molecule has 5 heteroatoms. The Morgan fingerprint density at radius 3 is 1.81 bits per heavy atom. The number of sulfonamides is 1. The molecule has 3 N–H and O–H groups in total. The summed E-state index contributed by atoms with van der Waals surface area (Å²) >= 11 is 0. The summed E-state index contributed by atoms with van der Waals surface area (Å²) in [5.74, 6) is 0. The first-order valence-corrected chi connectivity index (χ1v) is 7.68. The van der Waals surface area contributed by atoms with E-state index in [4.69, 9.17) is 5.73 Å². The van der Waals surface area contributed by atoms with Crippen LogP contribution in [0.5, 0.6) is 0 Å². The van der Waals surface area contributed by atoms with E-state index >= 15 is 0 Å². The normalized spacial score (nSPS) is 15.1. The van der Waals surface area contributed by atoms with Crippen LogP contribution in [-0.4, -0.2) is 25.8 Å². The first kappa shape index (κ1) is 15.9. The van der Waals surface area contributed by atoms with E-state index in [1.54, 1.807) is 0 Å². The summed E-state index contributed by atoms with van der Waals surface area (Å²) < 4.78 is 27.0. The van der Waals surface area contributed by atoms with Crippen molar-refractivity contribution in [1.29, 1.82) is 0 Å². The van der Waals surface area contributed by atoms with Gasteiger partial charge >= 0.3 is 0 Å². The molecular formula is C11H26N2O2S. The van der Waals surface area contributed by atoms with Gasteiger partial charge in [0.1, 0.15) is 0 Å². The molecule has 0 fully saturated rings. The van der Waals surface area contributed by atoms with Gasteiger partial charge in [0.05, 0.1) is 5.25 Å². The van der Waals surface area contributed by atoms with Crippen LogP contribution < -0.4 is 10.5 Å². The van der Waals surface area contributed by atoms with Gasteiger partial charge in [0.25, 0.3) is 0 Å². The van der Waals surface area contributed by atoms with E-state index in [0.29, 0.717) is 6.42 Å². The van der Waals surface area contributed by atoms with Crippen molar-refractivity contribution in [2.75, 3.05) is 6.54 Å². The summed E-state index contributed by atoms with van der Waals surface area (Å²) in [5.41, 5.74) is 5.19. The third-order valence-corrected chi connectivity index (χ3v) is 5.67. The van der Waals surface area contributed by atoms with Gasteiger partial charge in [0.2, 0.25) is 10.0 Å². The van der Waals surface area contributed by atoms with E-state index in [1.165, 1.54) is 0 Å². The summed E-state index contributed by atoms with van der Waals surface area (Å²) in [7, 11) is -3.29. The number of nitrogens with one attached hydrogen (secondary N) is 1. The van der Waals surface area contributed by atoms with Gasteiger partial charge in [-0.15, -0.1) is 0 Å². The van der Waals surface area contributed by atoms with Crippen molar-refractivity contribution in [3.8, 4) is 0 Å². The molecule has 0 amide bonds. The van der Waals surface area contributed by atoms with Crippen molar-refractivity contribution in [1.82, 2.24) is 4.72 Å². The highest BCUT2D eigenvalue weighted by Gasteiger charge is 2.32. The SMILES string of the molecule is CCC(CN)S(=O)(=O)NC(CC)(CC)CC. The highest BCUT2D eigenvalue weighted by Crippen LogP contribution is 2.21. The summed E-state index contributed by atoms with van der Waals surface area (Å²) in [5, 5.41) is -0.475. The van der Waals surface area contributed by atoms with Crippen LogP contribution in [-0.2, 0) is 10.0 Å². The Kier molecular flexibility index (Phi) is 6.51. The molecular weight excluding hydrogens is 224 g/mol. The average molecular weight is 250 g/mol. The van der Waals surface area contributed by atoms with Crippen molar-refractivity contribution in [2.45, 2.75) is 64.2 Å². The molecule has 0 aliphatic rings. The van der Waals surface area contributed by atoms with E-state index in [2.05, 4.69) is 4.72 Å². The maximum atomic E-state index is 12.1. The molecule has 4 nitrogen and oxygen atoms in total. The van der Waals surface area contributed by atoms with Crippen molar-refractivity contribution in [3.63, 3.8) is 0 Å². The molecule has 0 rings (SSSR count). The molecule has 1 atom stereocenters. The summed E-state index contributed by atoms with van der Waals surface area (Å²) in [6.45, 7) is 8.07. The first-order chi connectivity index (χ1) is 7.41. The molecule has 0 aliphatic carbocycles. The van der Waals surface area contributed by atoms with Crippen molar-refractivity contribution in [3.05, 3.63) is 0 Å². The lowest BCUT2D eigenvalue weighted by Gasteiger charge is -2.33. The second kappa shape index (κ2) is 6.57. The van der Waals surface area contributed by atoms with Gasteiger partial charge in [-0.25, -0.2) is 13.1 Å². The van der Waals surface area contributed by atoms with Gasteiger partial charge in [-0.05, 0) is 25.7 Å². The predicted molar refractivity (Wildman–Crippen MR) is 68.8 cm³/mol. The summed E-state index contributed by atoms with van der Waals surface area (Å²) in [6, 6.07) is 0. The molecule has 0 heterocycles. The molecule has 0 aromatic carbocycles. The molecule has 98 valence electrons. The van der Waals surface area contributed by atoms with E-state index in [-0.39, 0.29) is 12.1 Å². The second-order valence-corrected chi connectivity index (χ2v) is 6.21. The van der Waals surface area contributed by atoms with Crippen LogP contribution in [0.3, 0.4) is 0 Å². The number of hydrogen-bond acceptors (Lipinski definition) is 3. The van der Waals surface area contributed by atoms with Gasteiger partial charge < -0.3 is 5.73 Å². The van der Waals surface area contributed by atoms with Crippen LogP contribution in [0.1, 0.15) is 53.4 Å². The number of rotatable bonds is 8. The molecule has 0 aliphatic heterocycles. The van der Waals surface area contributed by atoms with Gasteiger partial charge in [-0.1, -0.05) is 27.7 Å². The summed E-state index contributed by atoms with van der Waals surface area (Å²) in [4.78, 5) is 0. The highest BCUT2D eigenvalue weighted by molar-refractivity contribution is 7.90. The van der Waals surface area contributed by atoms with Gasteiger partial charge in [-0.3, -0.25) is 0 Å². The molecule has 16 heavy (non-hydrogen) atoms. The molecule has 0 aromatic rings. The maximum Gasteiger partial charge on any atom is 0.216 e. The molecule has 0 bridgehead atoms. The maximum absolute atomic E-state index is 12.1. The summed E-state index contributed by atoms with van der Waals surface area (Å²) in [6.07, 6.45) is 2.97. The minimum absolute atomic E-state index is 0.180. The average Bonchev–Trinajstić information content (AvgIpc) is 2.27. The minimum atomic E-state index is -3.29. The minimum Gasteiger partial charge on any atom is -0.329 e. The Bertz CT molecular complexity index is 272. The Morgan fingerprint density at radius 1 is 1.12 bits per heavy atom. The molecule has 0 saturated heterocycles. The lowest BCUT2D eigenvalue weighted by atomic mass is 9.91. The van der Waals surface area contributed by atoms with Crippen LogP contribution in [0.4, 0.5) is 0 Å². The van der Waals surface area contributed by atoms with Gasteiger partial charge in [0.15, 0.2) is 0 Å². The lowest BCUT2D eigenvalue weighted by molar-refractivity contribution is 0.339. The van der Waals surface area contributed by atoms with Crippen LogP contribution >= 0.6 is 0 Å². The van der Waals surface area contributed by atoms with Crippen molar-refractivity contribution < 1.29 is 8.42 Å². The van der Waals surface area contributed by atoms with Crippen LogP contribution in [0.2, 0.25) is 0 Å². The van der Waals surface area contributed by atoms with Crippen molar-refractivity contribution >= 4 is 10.0 Å². The fourth-order valence-corrected chi connectivity index (χ4v) is 3.76. The molecule has 1 unspecified atom stereocenters. The molecule has 0 spiro atoms. The smallest absolute Gasteiger partial charge is 0.216 e. The predicted octanol–water partition coefficient (Wildman–Crippen LogP) is 1.61. The zero-order chi connectivity index (χ0) is 12.8. The Hall–Kier alpha value is -0.130. The van der Waals surface area contributed by atoms with E-state index in [0.717, 1.165) is 19.3 Å². The fourth-order valence-electron chi connectivity index (χ4n) is 1.86. The first-order valence-electron chi connectivity index (χ1n) is 6.14. The number of hydrogen-bond donors (Lipinski definition) is 2. The van der Waals surface area contributed by atoms with Crippen LogP contribution in [0.15, 0.2) is 0 Å². The zero-order valence-corrected chi connectivity index (χ0v) is 11.7. The third kappa shape index (κ3) is 3.71. The zero-order valence-electron chi connectivity index (χ0n) is 10.9. The van der Waals surface area contributed by atoms with E-state index < -0.39 is 15.3 Å². The Balaban J connectivity index is 4.92. The largest absolute Gasteiger partial charge is 0.329 e. The highest BCUT2D eigenvalue weighted by atomic mass is 32.2. The van der Waals surface area contributed by atoms with E-state index in [1.807, 2.05) is 27.7 Å². The Morgan fingerprint density at radius 2 is 1.56 bits per heavy atom. The monoisotopic (exact) mass is 250 g/mol. The van der Waals surface area contributed by atoms with Crippen LogP contribution in [0, 0.1) is 0 Å². The third-order valence-electron chi connectivity index (χ3n) is 3.55.